The maximum absolute atomic E-state index is 8.25. The van der Waals surface area contributed by atoms with Crippen LogP contribution in [0.2, 0.25) is 0 Å². The molecule has 0 fully saturated rings. The third kappa shape index (κ3) is 40.0. The first kappa shape index (κ1) is 29.2. The van der Waals surface area contributed by atoms with Gasteiger partial charge in [-0.05, 0) is 0 Å². The molecule has 0 atom stereocenters. The summed E-state index contributed by atoms with van der Waals surface area (Å²) >= 11 is 0. The van der Waals surface area contributed by atoms with Gasteiger partial charge in [0.2, 0.25) is 0 Å². The number of nitrogens with zero attached hydrogens (tertiary/aromatic N) is 1. The molecule has 0 aliphatic heterocycles. The second-order valence-electron chi connectivity index (χ2n) is 2.34. The Bertz CT molecular complexity index is 50.7. The fraction of sp³-hybridized carbons (Fsp3) is 1.00. The fourth-order valence-electron chi connectivity index (χ4n) is 0.596. The van der Waals surface area contributed by atoms with Crippen LogP contribution in [0.15, 0.2) is 0 Å². The summed E-state index contributed by atoms with van der Waals surface area (Å²) in [6, 6.07) is 1.000. The van der Waals surface area contributed by atoms with E-state index in [1.807, 2.05) is 0 Å². The minimum absolute atomic E-state index is 0. The van der Waals surface area contributed by atoms with Crippen molar-refractivity contribution < 1.29 is 42.8 Å². The summed E-state index contributed by atoms with van der Waals surface area (Å²) in [5.41, 5.74) is 0. The van der Waals surface area contributed by atoms with Crippen LogP contribution in [0.3, 0.4) is 0 Å². The van der Waals surface area contributed by atoms with Crippen molar-refractivity contribution in [2.45, 2.75) is 39.8 Å². The molecule has 0 aromatic rings. The third-order valence-electron chi connectivity index (χ3n) is 0.596. The van der Waals surface area contributed by atoms with Gasteiger partial charge in [0, 0.05) is 0 Å². The summed E-state index contributed by atoms with van der Waals surface area (Å²) in [6.45, 7) is 8.39. The molecular formula is C7H18Li2NNaO. The quantitative estimate of drug-likeness (QED) is 0.380. The zero-order chi connectivity index (χ0) is 7.86. The van der Waals surface area contributed by atoms with Gasteiger partial charge in [0.05, 0.1) is 0 Å². The molecule has 2 nitrogen and oxygen atoms in total. The molecule has 5 heteroatoms. The molecule has 0 aromatic carbocycles. The summed E-state index contributed by atoms with van der Waals surface area (Å²) in [6.07, 6.45) is 0. The Morgan fingerprint density at radius 2 is 1.00 bits per heavy atom. The number of rotatable bonds is 2. The van der Waals surface area contributed by atoms with Crippen LogP contribution < -0.4 is 42.8 Å². The summed E-state index contributed by atoms with van der Waals surface area (Å²) in [5.74, 6) is 0. The van der Waals surface area contributed by atoms with E-state index in [-0.39, 0.29) is 67.3 Å². The van der Waals surface area contributed by atoms with Gasteiger partial charge in [-0.3, -0.25) is 0 Å². The van der Waals surface area contributed by atoms with Gasteiger partial charge in [-0.25, -0.2) is 0 Å². The van der Waals surface area contributed by atoms with E-state index in [0.717, 1.165) is 7.11 Å². The summed E-state index contributed by atoms with van der Waals surface area (Å²) in [5, 5.41) is 12.5. The van der Waals surface area contributed by atoms with Crippen molar-refractivity contribution >= 4 is 29.6 Å². The van der Waals surface area contributed by atoms with Crippen molar-refractivity contribution in [1.82, 2.24) is 0 Å². The molecule has 0 bridgehead atoms. The van der Waals surface area contributed by atoms with Gasteiger partial charge in [0.25, 0.3) is 0 Å². The average molecular weight is 169 g/mol. The summed E-state index contributed by atoms with van der Waals surface area (Å²) < 4.78 is 0. The van der Waals surface area contributed by atoms with Crippen molar-refractivity contribution in [1.29, 1.82) is 0 Å². The molecule has 0 N–H and O–H groups in total. The van der Waals surface area contributed by atoms with Gasteiger partial charge < -0.3 is 10.4 Å². The second-order valence-corrected chi connectivity index (χ2v) is 2.34. The molecule has 0 saturated heterocycles. The monoisotopic (exact) mass is 169 g/mol. The first-order valence-electron chi connectivity index (χ1n) is 3.23. The van der Waals surface area contributed by atoms with Crippen molar-refractivity contribution in [3.05, 3.63) is 5.32 Å². The number of hydrogen-bond acceptors (Lipinski definition) is 1. The van der Waals surface area contributed by atoms with Crippen LogP contribution in [-0.4, -0.2) is 48.8 Å². The molecule has 0 aliphatic carbocycles. The van der Waals surface area contributed by atoms with Gasteiger partial charge in [0.1, 0.15) is 0 Å². The first-order valence-corrected chi connectivity index (χ1v) is 3.23. The molecule has 0 saturated carbocycles. The van der Waals surface area contributed by atoms with Crippen molar-refractivity contribution in [2.24, 2.45) is 0 Å². The maximum atomic E-state index is 8.25. The molecular weight excluding hydrogens is 151 g/mol. The molecule has 0 aliphatic rings. The van der Waals surface area contributed by atoms with Gasteiger partial charge in [0.15, 0.2) is 0 Å². The van der Waals surface area contributed by atoms with E-state index in [1.54, 1.807) is 0 Å². The third-order valence-corrected chi connectivity index (χ3v) is 0.596. The van der Waals surface area contributed by atoms with E-state index in [9.17, 15) is 0 Å². The molecule has 60 valence electrons. The Labute approximate surface area is 123 Å². The molecule has 0 spiro atoms. The van der Waals surface area contributed by atoms with Crippen LogP contribution in [0, 0.1) is 0 Å². The Morgan fingerprint density at radius 1 is 0.833 bits per heavy atom. The van der Waals surface area contributed by atoms with Crippen molar-refractivity contribution in [3.63, 3.8) is 0 Å². The SMILES string of the molecule is CC(C)[N-]C(C)C.C[O-].[Li+].[Li+].[NaH]. The topological polar surface area (TPSA) is 37.2 Å². The Morgan fingerprint density at radius 3 is 1.00 bits per heavy atom. The molecule has 0 aromatic heterocycles. The molecule has 0 rings (SSSR count). The average Bonchev–Trinajstić information content (AvgIpc) is 1.68. The van der Waals surface area contributed by atoms with Gasteiger partial charge >= 0.3 is 67.3 Å². The zero-order valence-corrected chi connectivity index (χ0v) is 9.01. The fourth-order valence-corrected chi connectivity index (χ4v) is 0.596. The van der Waals surface area contributed by atoms with E-state index in [0.29, 0.717) is 12.1 Å². The van der Waals surface area contributed by atoms with E-state index >= 15 is 0 Å². The Kier molecular flexibility index (Phi) is 56.4. The standard InChI is InChI=1S/C6H14N.CH3O.2Li.Na.H/c1-5(2)7-6(3)4;1-2;;;;/h5-6H,1-4H3;1H3;;;;/q2*-1;2*+1;;. The molecule has 12 heavy (non-hydrogen) atoms. The van der Waals surface area contributed by atoms with E-state index in [2.05, 4.69) is 33.0 Å². The second kappa shape index (κ2) is 23.2. The molecule has 0 unspecified atom stereocenters. The van der Waals surface area contributed by atoms with E-state index in [1.165, 1.54) is 0 Å². The Balaban J connectivity index is -0.0000000303. The van der Waals surface area contributed by atoms with Crippen LogP contribution in [0.25, 0.3) is 5.32 Å². The normalized spacial score (nSPS) is 7.00. The molecule has 0 heterocycles. The predicted molar refractivity (Wildman–Crippen MR) is 46.7 cm³/mol. The van der Waals surface area contributed by atoms with Crippen molar-refractivity contribution in [3.8, 4) is 0 Å². The van der Waals surface area contributed by atoms with Gasteiger partial charge in [-0.2, -0.15) is 7.11 Å². The summed E-state index contributed by atoms with van der Waals surface area (Å²) in [7, 11) is 0.750. The first-order chi connectivity index (χ1) is 4.13. The van der Waals surface area contributed by atoms with Crippen LogP contribution in [0.5, 0.6) is 0 Å². The van der Waals surface area contributed by atoms with Crippen LogP contribution >= 0.6 is 0 Å². The predicted octanol–water partition coefficient (Wildman–Crippen LogP) is -5.49. The minimum atomic E-state index is 0. The van der Waals surface area contributed by atoms with Gasteiger partial charge in [-0.15, -0.1) is 12.1 Å². The van der Waals surface area contributed by atoms with Crippen molar-refractivity contribution in [2.75, 3.05) is 7.11 Å². The molecule has 0 radical (unpaired) electrons. The number of hydrogen-bond donors (Lipinski definition) is 0. The molecule has 0 amide bonds. The van der Waals surface area contributed by atoms with E-state index in [4.69, 9.17) is 5.11 Å². The van der Waals surface area contributed by atoms with Crippen LogP contribution in [0.1, 0.15) is 27.7 Å². The van der Waals surface area contributed by atoms with Gasteiger partial charge in [-0.1, -0.05) is 27.7 Å². The van der Waals surface area contributed by atoms with E-state index < -0.39 is 0 Å². The summed E-state index contributed by atoms with van der Waals surface area (Å²) in [4.78, 5) is 0. The van der Waals surface area contributed by atoms with Crippen LogP contribution in [-0.2, 0) is 0 Å². The Hall–Kier alpha value is 2.11. The van der Waals surface area contributed by atoms with Crippen LogP contribution in [0.4, 0.5) is 0 Å². The zero-order valence-electron chi connectivity index (χ0n) is 9.01.